The molecule has 100 valence electrons. The van der Waals surface area contributed by atoms with Crippen molar-refractivity contribution < 1.29 is 12.9 Å². The van der Waals surface area contributed by atoms with E-state index < -0.39 is 9.84 Å². The van der Waals surface area contributed by atoms with Gasteiger partial charge >= 0.3 is 0 Å². The van der Waals surface area contributed by atoms with E-state index in [1.54, 1.807) is 0 Å². The molecule has 1 N–H and O–H groups in total. The third-order valence-corrected chi connectivity index (χ3v) is 5.73. The van der Waals surface area contributed by atoms with Crippen LogP contribution < -0.4 is 5.32 Å². The van der Waals surface area contributed by atoms with Crippen molar-refractivity contribution in [2.24, 2.45) is 5.92 Å². The highest BCUT2D eigenvalue weighted by atomic mass is 32.2. The molecule has 2 aliphatic heterocycles. The van der Waals surface area contributed by atoms with E-state index in [0.717, 1.165) is 13.1 Å². The van der Waals surface area contributed by atoms with Crippen LogP contribution in [0.2, 0.25) is 0 Å². The van der Waals surface area contributed by atoms with Crippen molar-refractivity contribution >= 4 is 9.84 Å². The van der Waals surface area contributed by atoms with E-state index in [1.807, 2.05) is 0 Å². The van der Waals surface area contributed by atoms with Crippen molar-refractivity contribution in [2.45, 2.75) is 25.2 Å². The summed E-state index contributed by atoms with van der Waals surface area (Å²) in [5.41, 5.74) is 0. The van der Waals surface area contributed by atoms with E-state index in [0.29, 0.717) is 24.1 Å². The van der Waals surface area contributed by atoms with Gasteiger partial charge in [0.2, 0.25) is 5.89 Å². The van der Waals surface area contributed by atoms with E-state index in [4.69, 9.17) is 4.52 Å². The normalized spacial score (nSPS) is 29.1. The third-order valence-electron chi connectivity index (χ3n) is 3.96. The van der Waals surface area contributed by atoms with Crippen LogP contribution in [0.15, 0.2) is 4.52 Å². The summed E-state index contributed by atoms with van der Waals surface area (Å²) in [5, 5.41) is 7.17. The molecule has 2 aliphatic rings. The van der Waals surface area contributed by atoms with Gasteiger partial charge in [0, 0.05) is 11.8 Å². The van der Waals surface area contributed by atoms with Crippen LogP contribution in [-0.4, -0.2) is 43.2 Å². The molecule has 0 aliphatic carbocycles. The molecule has 0 saturated carbocycles. The molecule has 0 bridgehead atoms. The second-order valence-corrected chi connectivity index (χ2v) is 7.53. The van der Waals surface area contributed by atoms with Crippen LogP contribution in [0.1, 0.15) is 36.9 Å². The number of rotatable bonds is 3. The lowest BCUT2D eigenvalue weighted by Crippen LogP contribution is -2.44. The third kappa shape index (κ3) is 2.16. The molecule has 1 aromatic heterocycles. The smallest absolute Gasteiger partial charge is 0.229 e. The topological polar surface area (TPSA) is 85.1 Å². The van der Waals surface area contributed by atoms with Gasteiger partial charge < -0.3 is 9.84 Å². The van der Waals surface area contributed by atoms with Crippen LogP contribution in [0.5, 0.6) is 0 Å². The number of hydrogen-bond acceptors (Lipinski definition) is 6. The first-order chi connectivity index (χ1) is 8.55. The molecular formula is C11H17N3O3S. The van der Waals surface area contributed by atoms with Crippen molar-refractivity contribution in [2.75, 3.05) is 24.6 Å². The van der Waals surface area contributed by atoms with Gasteiger partial charge in [0.05, 0.1) is 11.5 Å². The summed E-state index contributed by atoms with van der Waals surface area (Å²) >= 11 is 0. The van der Waals surface area contributed by atoms with Gasteiger partial charge in [-0.2, -0.15) is 4.98 Å². The molecule has 2 atom stereocenters. The SMILES string of the molecule is CC(c1nc(C2CCS(=O)(=O)C2)no1)C1CNC1. The number of nitrogens with zero attached hydrogens (tertiary/aromatic N) is 2. The molecule has 2 fully saturated rings. The lowest BCUT2D eigenvalue weighted by atomic mass is 9.89. The average Bonchev–Trinajstić information content (AvgIpc) is 2.81. The molecule has 7 heteroatoms. The summed E-state index contributed by atoms with van der Waals surface area (Å²) in [7, 11) is -2.90. The van der Waals surface area contributed by atoms with Crippen LogP contribution in [0.3, 0.4) is 0 Å². The first-order valence-corrected chi connectivity index (χ1v) is 8.12. The molecule has 2 unspecified atom stereocenters. The second-order valence-electron chi connectivity index (χ2n) is 5.30. The fourth-order valence-electron chi connectivity index (χ4n) is 2.46. The fraction of sp³-hybridized carbons (Fsp3) is 0.818. The van der Waals surface area contributed by atoms with Gasteiger partial charge in [-0.05, 0) is 25.4 Å². The molecule has 2 saturated heterocycles. The number of sulfone groups is 1. The number of hydrogen-bond donors (Lipinski definition) is 1. The van der Waals surface area contributed by atoms with Gasteiger partial charge in [-0.3, -0.25) is 0 Å². The van der Waals surface area contributed by atoms with Crippen molar-refractivity contribution in [3.8, 4) is 0 Å². The second kappa shape index (κ2) is 4.31. The highest BCUT2D eigenvalue weighted by Gasteiger charge is 2.34. The number of aromatic nitrogens is 2. The summed E-state index contributed by atoms with van der Waals surface area (Å²) in [6.45, 7) is 4.04. The Labute approximate surface area is 106 Å². The van der Waals surface area contributed by atoms with Gasteiger partial charge in [0.25, 0.3) is 0 Å². The van der Waals surface area contributed by atoms with Gasteiger partial charge in [-0.25, -0.2) is 8.42 Å². The summed E-state index contributed by atoms with van der Waals surface area (Å²) in [5.74, 6) is 2.30. The van der Waals surface area contributed by atoms with Crippen molar-refractivity contribution in [3.63, 3.8) is 0 Å². The largest absolute Gasteiger partial charge is 0.339 e. The monoisotopic (exact) mass is 271 g/mol. The predicted molar refractivity (Wildman–Crippen MR) is 65.1 cm³/mol. The maximum atomic E-state index is 11.4. The Balaban J connectivity index is 1.73. The molecule has 3 heterocycles. The Morgan fingerprint density at radius 3 is 2.78 bits per heavy atom. The maximum absolute atomic E-state index is 11.4. The van der Waals surface area contributed by atoms with Crippen molar-refractivity contribution in [3.05, 3.63) is 11.7 Å². The molecular weight excluding hydrogens is 254 g/mol. The zero-order chi connectivity index (χ0) is 12.8. The minimum absolute atomic E-state index is 0.0841. The lowest BCUT2D eigenvalue weighted by molar-refractivity contribution is 0.252. The minimum atomic E-state index is -2.90. The van der Waals surface area contributed by atoms with E-state index in [9.17, 15) is 8.42 Å². The molecule has 1 aromatic rings. The van der Waals surface area contributed by atoms with Crippen molar-refractivity contribution in [1.82, 2.24) is 15.5 Å². The number of nitrogens with one attached hydrogen (secondary N) is 1. The van der Waals surface area contributed by atoms with Crippen LogP contribution in [-0.2, 0) is 9.84 Å². The van der Waals surface area contributed by atoms with E-state index in [-0.39, 0.29) is 23.3 Å². The van der Waals surface area contributed by atoms with Gasteiger partial charge in [0.15, 0.2) is 15.7 Å². The van der Waals surface area contributed by atoms with Crippen molar-refractivity contribution in [1.29, 1.82) is 0 Å². The molecule has 0 spiro atoms. The minimum Gasteiger partial charge on any atom is -0.339 e. The molecule has 3 rings (SSSR count). The molecule has 0 amide bonds. The first kappa shape index (κ1) is 12.1. The Morgan fingerprint density at radius 2 is 2.22 bits per heavy atom. The van der Waals surface area contributed by atoms with Gasteiger partial charge in [-0.1, -0.05) is 12.1 Å². The molecule has 0 radical (unpaired) electrons. The summed E-state index contributed by atoms with van der Waals surface area (Å²) < 4.78 is 28.1. The molecule has 0 aromatic carbocycles. The highest BCUT2D eigenvalue weighted by Crippen LogP contribution is 2.30. The van der Waals surface area contributed by atoms with E-state index >= 15 is 0 Å². The van der Waals surface area contributed by atoms with Crippen LogP contribution in [0.25, 0.3) is 0 Å². The summed E-state index contributed by atoms with van der Waals surface area (Å²) in [6, 6.07) is 0. The quantitative estimate of drug-likeness (QED) is 0.850. The maximum Gasteiger partial charge on any atom is 0.229 e. The van der Waals surface area contributed by atoms with Crippen LogP contribution in [0, 0.1) is 5.92 Å². The predicted octanol–water partition coefficient (Wildman–Crippen LogP) is 0.295. The van der Waals surface area contributed by atoms with Gasteiger partial charge in [0.1, 0.15) is 0 Å². The fourth-order valence-corrected chi connectivity index (χ4v) is 4.20. The molecule has 18 heavy (non-hydrogen) atoms. The standard InChI is InChI=1S/C11H17N3O3S/c1-7(9-4-12-5-9)11-13-10(14-17-11)8-2-3-18(15,16)6-8/h7-9,12H,2-6H2,1H3. The van der Waals surface area contributed by atoms with Gasteiger partial charge in [-0.15, -0.1) is 0 Å². The highest BCUT2D eigenvalue weighted by molar-refractivity contribution is 7.91. The Bertz CT molecular complexity index is 535. The Kier molecular flexibility index (Phi) is 2.90. The van der Waals surface area contributed by atoms with E-state index in [1.165, 1.54) is 0 Å². The van der Waals surface area contributed by atoms with E-state index in [2.05, 4.69) is 22.4 Å². The average molecular weight is 271 g/mol. The van der Waals surface area contributed by atoms with Crippen LogP contribution in [0.4, 0.5) is 0 Å². The zero-order valence-corrected chi connectivity index (χ0v) is 11.1. The Hall–Kier alpha value is -0.950. The molecule has 6 nitrogen and oxygen atoms in total. The summed E-state index contributed by atoms with van der Waals surface area (Å²) in [6.07, 6.45) is 0.612. The first-order valence-electron chi connectivity index (χ1n) is 6.30. The lowest BCUT2D eigenvalue weighted by Gasteiger charge is -2.30. The van der Waals surface area contributed by atoms with Crippen LogP contribution >= 0.6 is 0 Å². The summed E-state index contributed by atoms with van der Waals surface area (Å²) in [4.78, 5) is 4.39. The zero-order valence-electron chi connectivity index (χ0n) is 10.3. The Morgan fingerprint density at radius 1 is 1.44 bits per heavy atom.